The minimum absolute atomic E-state index is 0.0124. The third-order valence-electron chi connectivity index (χ3n) is 5.80. The van der Waals surface area contributed by atoms with Gasteiger partial charge in [-0.3, -0.25) is 0 Å². The number of hydrogen-bond donors (Lipinski definition) is 2. The average Bonchev–Trinajstić information content (AvgIpc) is 3.31. The second-order valence-corrected chi connectivity index (χ2v) is 7.86. The first-order chi connectivity index (χ1) is 12.1. The zero-order chi connectivity index (χ0) is 17.4. The van der Waals surface area contributed by atoms with Crippen molar-refractivity contribution in [2.24, 2.45) is 5.92 Å². The summed E-state index contributed by atoms with van der Waals surface area (Å²) < 4.78 is 0. The summed E-state index contributed by atoms with van der Waals surface area (Å²) in [5.41, 5.74) is 1.33. The molecule has 0 unspecified atom stereocenters. The predicted molar refractivity (Wildman–Crippen MR) is 102 cm³/mol. The van der Waals surface area contributed by atoms with E-state index in [2.05, 4.69) is 72.1 Å². The summed E-state index contributed by atoms with van der Waals surface area (Å²) >= 11 is 0. The SMILES string of the molecule is CN(C)C1CC(CNC(=O)N[C@@H]2C[C@H]2c2ccc3ccccc3c2)C1. The lowest BCUT2D eigenvalue weighted by Gasteiger charge is -2.39. The number of urea groups is 1. The summed E-state index contributed by atoms with van der Waals surface area (Å²) in [5, 5.41) is 8.72. The number of nitrogens with one attached hydrogen (secondary N) is 2. The molecule has 0 heterocycles. The highest BCUT2D eigenvalue weighted by molar-refractivity contribution is 5.83. The van der Waals surface area contributed by atoms with E-state index in [0.29, 0.717) is 17.9 Å². The largest absolute Gasteiger partial charge is 0.338 e. The molecular weight excluding hydrogens is 310 g/mol. The molecule has 2 aliphatic carbocycles. The normalized spacial score (nSPS) is 27.8. The molecule has 2 fully saturated rings. The fraction of sp³-hybridized carbons (Fsp3) is 0.476. The van der Waals surface area contributed by atoms with E-state index in [1.807, 2.05) is 0 Å². The zero-order valence-electron chi connectivity index (χ0n) is 15.0. The van der Waals surface area contributed by atoms with E-state index in [4.69, 9.17) is 0 Å². The van der Waals surface area contributed by atoms with E-state index in [0.717, 1.165) is 13.0 Å². The highest BCUT2D eigenvalue weighted by atomic mass is 16.2. The minimum atomic E-state index is -0.0124. The van der Waals surface area contributed by atoms with Gasteiger partial charge in [0.05, 0.1) is 0 Å². The highest BCUT2D eigenvalue weighted by Gasteiger charge is 2.39. The Bertz CT molecular complexity index is 767. The van der Waals surface area contributed by atoms with Crippen LogP contribution < -0.4 is 10.6 Å². The molecule has 2 aromatic carbocycles. The van der Waals surface area contributed by atoms with Gasteiger partial charge in [0.25, 0.3) is 0 Å². The molecular formula is C21H27N3O. The van der Waals surface area contributed by atoms with Crippen LogP contribution in [0.25, 0.3) is 10.8 Å². The number of benzene rings is 2. The second-order valence-electron chi connectivity index (χ2n) is 7.86. The predicted octanol–water partition coefficient (Wildman–Crippen LogP) is 3.34. The van der Waals surface area contributed by atoms with Crippen LogP contribution in [-0.2, 0) is 0 Å². The maximum Gasteiger partial charge on any atom is 0.315 e. The smallest absolute Gasteiger partial charge is 0.315 e. The van der Waals surface area contributed by atoms with E-state index in [-0.39, 0.29) is 12.1 Å². The van der Waals surface area contributed by atoms with Gasteiger partial charge in [-0.15, -0.1) is 0 Å². The number of fused-ring (bicyclic) bond motifs is 1. The van der Waals surface area contributed by atoms with Gasteiger partial charge in [0, 0.05) is 24.5 Å². The first kappa shape index (κ1) is 16.4. The van der Waals surface area contributed by atoms with E-state index in [1.54, 1.807) is 0 Å². The first-order valence-electron chi connectivity index (χ1n) is 9.29. The number of rotatable bonds is 5. The lowest BCUT2D eigenvalue weighted by Crippen LogP contribution is -2.47. The Balaban J connectivity index is 1.24. The van der Waals surface area contributed by atoms with Crippen molar-refractivity contribution in [3.8, 4) is 0 Å². The minimum Gasteiger partial charge on any atom is -0.338 e. The van der Waals surface area contributed by atoms with Crippen LogP contribution in [0, 0.1) is 5.92 Å². The Morgan fingerprint density at radius 3 is 2.60 bits per heavy atom. The maximum atomic E-state index is 12.1. The lowest BCUT2D eigenvalue weighted by molar-refractivity contribution is 0.123. The monoisotopic (exact) mass is 337 g/mol. The molecule has 25 heavy (non-hydrogen) atoms. The molecule has 2 aromatic rings. The van der Waals surface area contributed by atoms with Crippen molar-refractivity contribution < 1.29 is 4.79 Å². The number of carbonyl (C=O) groups is 1. The molecule has 4 rings (SSSR count). The standard InChI is InChI=1S/C21H27N3O/c1-24(2)18-9-14(10-18)13-22-21(25)23-20-12-19(20)17-8-7-15-5-3-4-6-16(15)11-17/h3-8,11,14,18-20H,9-10,12-13H2,1-2H3,(H2,22,23,25)/t14?,18?,19-,20+/m0/s1. The summed E-state index contributed by atoms with van der Waals surface area (Å²) in [5.74, 6) is 1.09. The van der Waals surface area contributed by atoms with Gasteiger partial charge >= 0.3 is 6.03 Å². The molecule has 2 aliphatic rings. The van der Waals surface area contributed by atoms with Crippen molar-refractivity contribution in [3.05, 3.63) is 48.0 Å². The molecule has 132 valence electrons. The summed E-state index contributed by atoms with van der Waals surface area (Å²) in [6, 6.07) is 16.0. The van der Waals surface area contributed by atoms with Gasteiger partial charge in [0.2, 0.25) is 0 Å². The molecule has 2 saturated carbocycles. The van der Waals surface area contributed by atoms with Crippen LogP contribution >= 0.6 is 0 Å². The molecule has 4 heteroatoms. The van der Waals surface area contributed by atoms with Crippen LogP contribution in [0.3, 0.4) is 0 Å². The third-order valence-corrected chi connectivity index (χ3v) is 5.80. The van der Waals surface area contributed by atoms with Gasteiger partial charge in [-0.05, 0) is 55.6 Å². The van der Waals surface area contributed by atoms with E-state index in [1.165, 1.54) is 29.2 Å². The topological polar surface area (TPSA) is 44.4 Å². The van der Waals surface area contributed by atoms with E-state index in [9.17, 15) is 4.79 Å². The fourth-order valence-corrected chi connectivity index (χ4v) is 3.91. The summed E-state index contributed by atoms with van der Waals surface area (Å²) in [4.78, 5) is 14.4. The van der Waals surface area contributed by atoms with Crippen molar-refractivity contribution >= 4 is 16.8 Å². The molecule has 0 saturated heterocycles. The van der Waals surface area contributed by atoms with Crippen LogP contribution in [0.1, 0.15) is 30.7 Å². The third kappa shape index (κ3) is 3.64. The van der Waals surface area contributed by atoms with Crippen molar-refractivity contribution in [2.45, 2.75) is 37.3 Å². The second kappa shape index (κ2) is 6.68. The van der Waals surface area contributed by atoms with Crippen molar-refractivity contribution in [3.63, 3.8) is 0 Å². The van der Waals surface area contributed by atoms with Crippen molar-refractivity contribution in [2.75, 3.05) is 20.6 Å². The van der Waals surface area contributed by atoms with Crippen LogP contribution in [0.2, 0.25) is 0 Å². The number of carbonyl (C=O) groups excluding carboxylic acids is 1. The Morgan fingerprint density at radius 1 is 1.08 bits per heavy atom. The van der Waals surface area contributed by atoms with E-state index < -0.39 is 0 Å². The van der Waals surface area contributed by atoms with Gasteiger partial charge in [0.15, 0.2) is 0 Å². The average molecular weight is 337 g/mol. The van der Waals surface area contributed by atoms with Crippen LogP contribution in [-0.4, -0.2) is 43.7 Å². The Morgan fingerprint density at radius 2 is 1.84 bits per heavy atom. The number of hydrogen-bond acceptors (Lipinski definition) is 2. The summed E-state index contributed by atoms with van der Waals surface area (Å²) in [6.07, 6.45) is 3.42. The number of amides is 2. The lowest BCUT2D eigenvalue weighted by atomic mass is 9.79. The maximum absolute atomic E-state index is 12.1. The van der Waals surface area contributed by atoms with Gasteiger partial charge in [-0.1, -0.05) is 42.5 Å². The molecule has 0 spiro atoms. The van der Waals surface area contributed by atoms with E-state index >= 15 is 0 Å². The summed E-state index contributed by atoms with van der Waals surface area (Å²) in [7, 11) is 4.25. The Kier molecular flexibility index (Phi) is 4.38. The van der Waals surface area contributed by atoms with Crippen LogP contribution in [0.4, 0.5) is 4.79 Å². The van der Waals surface area contributed by atoms with Crippen molar-refractivity contribution in [1.82, 2.24) is 15.5 Å². The van der Waals surface area contributed by atoms with Gasteiger partial charge in [-0.2, -0.15) is 0 Å². The molecule has 0 radical (unpaired) electrons. The molecule has 2 N–H and O–H groups in total. The Hall–Kier alpha value is -2.07. The number of nitrogens with zero attached hydrogens (tertiary/aromatic N) is 1. The van der Waals surface area contributed by atoms with Crippen LogP contribution in [0.5, 0.6) is 0 Å². The summed E-state index contributed by atoms with van der Waals surface area (Å²) in [6.45, 7) is 0.795. The molecule has 0 aliphatic heterocycles. The van der Waals surface area contributed by atoms with Crippen molar-refractivity contribution in [1.29, 1.82) is 0 Å². The molecule has 0 bridgehead atoms. The fourth-order valence-electron chi connectivity index (χ4n) is 3.91. The molecule has 0 aromatic heterocycles. The first-order valence-corrected chi connectivity index (χ1v) is 9.29. The van der Waals surface area contributed by atoms with Gasteiger partial charge in [0.1, 0.15) is 0 Å². The zero-order valence-corrected chi connectivity index (χ0v) is 15.0. The van der Waals surface area contributed by atoms with Gasteiger partial charge < -0.3 is 15.5 Å². The Labute approximate surface area is 149 Å². The molecule has 2 amide bonds. The highest BCUT2D eigenvalue weighted by Crippen LogP contribution is 2.41. The quantitative estimate of drug-likeness (QED) is 0.879. The molecule has 4 nitrogen and oxygen atoms in total. The molecule has 2 atom stereocenters. The van der Waals surface area contributed by atoms with Gasteiger partial charge in [-0.25, -0.2) is 4.79 Å². The van der Waals surface area contributed by atoms with Crippen LogP contribution in [0.15, 0.2) is 42.5 Å².